The normalized spacial score (nSPS) is 11.3. The molecule has 0 aliphatic carbocycles. The number of carbonyl (C=O) groups excluding carboxylic acids is 1. The van der Waals surface area contributed by atoms with Crippen molar-refractivity contribution in [3.05, 3.63) is 51.7 Å². The second kappa shape index (κ2) is 6.38. The first-order valence-corrected chi connectivity index (χ1v) is 8.51. The molecule has 1 heterocycles. The minimum atomic E-state index is -3.75. The van der Waals surface area contributed by atoms with Crippen molar-refractivity contribution in [2.24, 2.45) is 0 Å². The van der Waals surface area contributed by atoms with Crippen molar-refractivity contribution in [1.29, 1.82) is 0 Å². The lowest BCUT2D eigenvalue weighted by molar-refractivity contribution is 0.0602. The first-order chi connectivity index (χ1) is 9.94. The quantitative estimate of drug-likeness (QED) is 0.856. The van der Waals surface area contributed by atoms with E-state index in [1.807, 2.05) is 31.2 Å². The van der Waals surface area contributed by atoms with Gasteiger partial charge in [-0.1, -0.05) is 29.8 Å². The average Bonchev–Trinajstić information content (AvgIpc) is 2.96. The molecule has 0 saturated carbocycles. The molecule has 0 fully saturated rings. The molecule has 2 aromatic rings. The highest BCUT2D eigenvalue weighted by molar-refractivity contribution is 7.89. The predicted octanol–water partition coefficient (Wildman–Crippen LogP) is 2.32. The van der Waals surface area contributed by atoms with Crippen molar-refractivity contribution in [3.8, 4) is 0 Å². The third-order valence-electron chi connectivity index (χ3n) is 2.88. The highest BCUT2D eigenvalue weighted by Crippen LogP contribution is 2.22. The van der Waals surface area contributed by atoms with Crippen LogP contribution in [0.25, 0.3) is 0 Å². The number of hydrogen-bond acceptors (Lipinski definition) is 5. The van der Waals surface area contributed by atoms with E-state index in [9.17, 15) is 13.2 Å². The number of thiophene rings is 1. The molecule has 0 spiro atoms. The van der Waals surface area contributed by atoms with E-state index in [0.717, 1.165) is 22.5 Å². The summed E-state index contributed by atoms with van der Waals surface area (Å²) in [6.45, 7) is 2.13. The van der Waals surface area contributed by atoms with Gasteiger partial charge in [-0.3, -0.25) is 0 Å². The molecule has 7 heteroatoms. The molecule has 21 heavy (non-hydrogen) atoms. The van der Waals surface area contributed by atoms with Gasteiger partial charge in [0, 0.05) is 6.54 Å². The number of methoxy groups -OCH3 is 1. The molecule has 1 N–H and O–H groups in total. The lowest BCUT2D eigenvalue weighted by Crippen LogP contribution is -2.24. The molecule has 0 aliphatic heterocycles. The van der Waals surface area contributed by atoms with Gasteiger partial charge in [0.1, 0.15) is 9.77 Å². The van der Waals surface area contributed by atoms with E-state index in [2.05, 4.69) is 9.46 Å². The Hall–Kier alpha value is -1.70. The number of rotatable bonds is 5. The summed E-state index contributed by atoms with van der Waals surface area (Å²) in [5, 5.41) is 1.55. The predicted molar refractivity (Wildman–Crippen MR) is 80.9 cm³/mol. The molecule has 0 radical (unpaired) electrons. The van der Waals surface area contributed by atoms with Crippen LogP contribution in [-0.4, -0.2) is 21.5 Å². The minimum Gasteiger partial charge on any atom is -0.465 e. The molecular weight excluding hydrogens is 310 g/mol. The maximum atomic E-state index is 12.3. The molecule has 0 aliphatic rings. The first-order valence-electron chi connectivity index (χ1n) is 6.15. The lowest BCUT2D eigenvalue weighted by atomic mass is 10.2. The van der Waals surface area contributed by atoms with Crippen LogP contribution in [0.4, 0.5) is 0 Å². The van der Waals surface area contributed by atoms with E-state index in [1.54, 1.807) is 5.38 Å². The van der Waals surface area contributed by atoms with Crippen molar-refractivity contribution >= 4 is 27.3 Å². The van der Waals surface area contributed by atoms with Gasteiger partial charge >= 0.3 is 5.97 Å². The van der Waals surface area contributed by atoms with Crippen LogP contribution in [0.2, 0.25) is 0 Å². The van der Waals surface area contributed by atoms with Gasteiger partial charge in [0.05, 0.1) is 7.11 Å². The smallest absolute Gasteiger partial charge is 0.349 e. The zero-order chi connectivity index (χ0) is 15.5. The van der Waals surface area contributed by atoms with E-state index < -0.39 is 16.0 Å². The van der Waals surface area contributed by atoms with Gasteiger partial charge < -0.3 is 4.74 Å². The standard InChI is InChI=1S/C14H15NO4S2/c1-10-3-5-11(6-4-10)9-15-21(17,18)12-7-8-20-13(12)14(16)19-2/h3-8,15H,9H2,1-2H3. The Labute approximate surface area is 127 Å². The molecule has 2 rings (SSSR count). The fourth-order valence-electron chi connectivity index (χ4n) is 1.71. The van der Waals surface area contributed by atoms with Gasteiger partial charge in [0.2, 0.25) is 10.0 Å². The van der Waals surface area contributed by atoms with Crippen molar-refractivity contribution < 1.29 is 17.9 Å². The van der Waals surface area contributed by atoms with Gasteiger partial charge in [-0.15, -0.1) is 11.3 Å². The van der Waals surface area contributed by atoms with Crippen LogP contribution < -0.4 is 4.72 Å². The number of nitrogens with one attached hydrogen (secondary N) is 1. The molecule has 1 aromatic carbocycles. The highest BCUT2D eigenvalue weighted by Gasteiger charge is 2.24. The van der Waals surface area contributed by atoms with E-state index in [0.29, 0.717) is 0 Å². The summed E-state index contributed by atoms with van der Waals surface area (Å²) < 4.78 is 31.6. The number of esters is 1. The van der Waals surface area contributed by atoms with Gasteiger partial charge in [-0.2, -0.15) is 0 Å². The van der Waals surface area contributed by atoms with E-state index in [-0.39, 0.29) is 16.3 Å². The number of sulfonamides is 1. The zero-order valence-corrected chi connectivity index (χ0v) is 13.3. The molecule has 0 atom stereocenters. The van der Waals surface area contributed by atoms with E-state index in [4.69, 9.17) is 0 Å². The molecule has 0 bridgehead atoms. The van der Waals surface area contributed by atoms with Gasteiger partial charge in [0.25, 0.3) is 0 Å². The summed E-state index contributed by atoms with van der Waals surface area (Å²) in [7, 11) is -2.53. The number of ether oxygens (including phenoxy) is 1. The third-order valence-corrected chi connectivity index (χ3v) is 5.34. The van der Waals surface area contributed by atoms with Crippen molar-refractivity contribution in [1.82, 2.24) is 4.72 Å². The van der Waals surface area contributed by atoms with Crippen LogP contribution in [0.3, 0.4) is 0 Å². The van der Waals surface area contributed by atoms with Crippen LogP contribution in [0.15, 0.2) is 40.6 Å². The van der Waals surface area contributed by atoms with Crippen LogP contribution in [-0.2, 0) is 21.3 Å². The summed E-state index contributed by atoms with van der Waals surface area (Å²) in [5.41, 5.74) is 1.95. The number of aryl methyl sites for hydroxylation is 1. The first kappa shape index (κ1) is 15.7. The molecular formula is C14H15NO4S2. The molecule has 1 aromatic heterocycles. The summed E-state index contributed by atoms with van der Waals surface area (Å²) in [4.78, 5) is 11.6. The largest absolute Gasteiger partial charge is 0.465 e. The molecule has 0 amide bonds. The molecule has 112 valence electrons. The van der Waals surface area contributed by atoms with Crippen molar-refractivity contribution in [2.45, 2.75) is 18.4 Å². The molecule has 0 saturated heterocycles. The summed E-state index contributed by atoms with van der Waals surface area (Å²) in [6, 6.07) is 8.93. The molecule has 0 unspecified atom stereocenters. The maximum Gasteiger partial charge on any atom is 0.349 e. The van der Waals surface area contributed by atoms with Gasteiger partial charge in [-0.25, -0.2) is 17.9 Å². The lowest BCUT2D eigenvalue weighted by Gasteiger charge is -2.07. The van der Waals surface area contributed by atoms with Crippen molar-refractivity contribution in [3.63, 3.8) is 0 Å². The number of benzene rings is 1. The Kier molecular flexibility index (Phi) is 4.76. The Morgan fingerprint density at radius 2 is 1.90 bits per heavy atom. The average molecular weight is 325 g/mol. The maximum absolute atomic E-state index is 12.3. The van der Waals surface area contributed by atoms with Crippen molar-refractivity contribution in [2.75, 3.05) is 7.11 Å². The van der Waals surface area contributed by atoms with E-state index >= 15 is 0 Å². The Morgan fingerprint density at radius 1 is 1.24 bits per heavy atom. The van der Waals surface area contributed by atoms with Gasteiger partial charge in [-0.05, 0) is 23.9 Å². The highest BCUT2D eigenvalue weighted by atomic mass is 32.2. The Bertz CT molecular complexity index is 733. The number of carbonyl (C=O) groups is 1. The van der Waals surface area contributed by atoms with Crippen LogP contribution in [0, 0.1) is 6.92 Å². The summed E-state index contributed by atoms with van der Waals surface area (Å²) >= 11 is 1.04. The topological polar surface area (TPSA) is 72.5 Å². The summed E-state index contributed by atoms with van der Waals surface area (Å²) in [6.07, 6.45) is 0. The van der Waals surface area contributed by atoms with E-state index in [1.165, 1.54) is 13.2 Å². The molecule has 5 nitrogen and oxygen atoms in total. The van der Waals surface area contributed by atoms with Crippen LogP contribution >= 0.6 is 11.3 Å². The fourth-order valence-corrected chi connectivity index (χ4v) is 4.06. The number of hydrogen-bond donors (Lipinski definition) is 1. The van der Waals surface area contributed by atoms with Crippen LogP contribution in [0.1, 0.15) is 20.8 Å². The van der Waals surface area contributed by atoms with Gasteiger partial charge in [0.15, 0.2) is 0 Å². The Balaban J connectivity index is 2.17. The second-order valence-corrected chi connectivity index (χ2v) is 7.07. The zero-order valence-electron chi connectivity index (χ0n) is 11.6. The minimum absolute atomic E-state index is 0.0496. The second-order valence-electron chi connectivity index (χ2n) is 4.42. The third kappa shape index (κ3) is 3.69. The summed E-state index contributed by atoms with van der Waals surface area (Å²) in [5.74, 6) is -0.652. The van der Waals surface area contributed by atoms with Crippen LogP contribution in [0.5, 0.6) is 0 Å². The monoisotopic (exact) mass is 325 g/mol. The fraction of sp³-hybridized carbons (Fsp3) is 0.214. The SMILES string of the molecule is COC(=O)c1sccc1S(=O)(=O)NCc1ccc(C)cc1. The Morgan fingerprint density at radius 3 is 2.52 bits per heavy atom.